The Labute approximate surface area is 230 Å². The van der Waals surface area contributed by atoms with Crippen molar-refractivity contribution in [2.45, 2.75) is 64.1 Å². The molecule has 6 rings (SSSR count). The van der Waals surface area contributed by atoms with Crippen molar-refractivity contribution in [1.82, 2.24) is 14.9 Å². The lowest BCUT2D eigenvalue weighted by Gasteiger charge is -2.37. The van der Waals surface area contributed by atoms with Crippen molar-refractivity contribution in [1.29, 1.82) is 0 Å². The Bertz CT molecular complexity index is 1240. The van der Waals surface area contributed by atoms with Gasteiger partial charge in [-0.2, -0.15) is 0 Å². The van der Waals surface area contributed by atoms with Crippen molar-refractivity contribution in [3.8, 4) is 0 Å². The summed E-state index contributed by atoms with van der Waals surface area (Å²) in [6.45, 7) is 6.76. The van der Waals surface area contributed by atoms with Crippen LogP contribution in [0.4, 0.5) is 11.4 Å². The van der Waals surface area contributed by atoms with Gasteiger partial charge >= 0.3 is 0 Å². The summed E-state index contributed by atoms with van der Waals surface area (Å²) >= 11 is 13.0. The predicted molar refractivity (Wildman–Crippen MR) is 156 cm³/mol. The molecular weight excluding hydrogens is 498 g/mol. The van der Waals surface area contributed by atoms with Crippen LogP contribution >= 0.6 is 23.8 Å². The van der Waals surface area contributed by atoms with Crippen LogP contribution < -0.4 is 15.1 Å². The molecule has 0 unspecified atom stereocenters. The number of piperidine rings is 1. The second kappa shape index (κ2) is 10.3. The Morgan fingerprint density at radius 3 is 2.49 bits per heavy atom. The number of anilines is 2. The standard InChI is InChI=1S/C30H36ClN5S/c1-20-16-21(2)19-34(18-20)26-13-12-23(17-24(26)31)36-29(27-11-7-15-35(27)22-8-3-4-9-22)28(33-30(36)37)25-10-5-6-14-32-25/h5-7,10-15,17,20-22,28-29H,3-4,8-9,16,18-19H2,1-2H3,(H,33,37)/t20-,21+,28-,29-/m1/s1. The summed E-state index contributed by atoms with van der Waals surface area (Å²) in [6, 6.07) is 17.5. The highest BCUT2D eigenvalue weighted by molar-refractivity contribution is 7.80. The van der Waals surface area contributed by atoms with Gasteiger partial charge in [-0.3, -0.25) is 4.98 Å². The van der Waals surface area contributed by atoms with Crippen molar-refractivity contribution in [3.63, 3.8) is 0 Å². The van der Waals surface area contributed by atoms with Crippen molar-refractivity contribution in [3.05, 3.63) is 77.3 Å². The summed E-state index contributed by atoms with van der Waals surface area (Å²) in [7, 11) is 0. The molecule has 3 aromatic rings. The van der Waals surface area contributed by atoms with E-state index < -0.39 is 0 Å². The van der Waals surface area contributed by atoms with Crippen LogP contribution in [0.1, 0.15) is 75.5 Å². The Kier molecular flexibility index (Phi) is 6.89. The van der Waals surface area contributed by atoms with Crippen LogP contribution in [-0.4, -0.2) is 27.8 Å². The molecule has 1 aliphatic carbocycles. The molecule has 7 heteroatoms. The van der Waals surface area contributed by atoms with Crippen molar-refractivity contribution >= 4 is 40.3 Å². The first-order chi connectivity index (χ1) is 18.0. The molecule has 0 bridgehead atoms. The summed E-state index contributed by atoms with van der Waals surface area (Å²) in [6.07, 6.45) is 10.4. The fourth-order valence-electron chi connectivity index (χ4n) is 6.87. The van der Waals surface area contributed by atoms with Crippen LogP contribution in [0, 0.1) is 11.8 Å². The van der Waals surface area contributed by atoms with Gasteiger partial charge in [-0.05, 0) is 85.8 Å². The van der Waals surface area contributed by atoms with Crippen LogP contribution in [0.25, 0.3) is 0 Å². The maximum absolute atomic E-state index is 7.00. The second-order valence-corrected chi connectivity index (χ2v) is 12.1. The van der Waals surface area contributed by atoms with Crippen molar-refractivity contribution in [2.75, 3.05) is 22.9 Å². The minimum atomic E-state index is -0.0500. The zero-order chi connectivity index (χ0) is 25.5. The van der Waals surface area contributed by atoms with E-state index in [1.807, 2.05) is 12.3 Å². The fourth-order valence-corrected chi connectivity index (χ4v) is 7.51. The predicted octanol–water partition coefficient (Wildman–Crippen LogP) is 7.31. The Hall–Kier alpha value is -2.57. The van der Waals surface area contributed by atoms with Gasteiger partial charge in [0.05, 0.1) is 22.4 Å². The molecule has 1 saturated carbocycles. The topological polar surface area (TPSA) is 36.3 Å². The maximum atomic E-state index is 7.00. The van der Waals surface area contributed by atoms with Gasteiger partial charge in [-0.1, -0.05) is 44.4 Å². The molecule has 2 saturated heterocycles. The Morgan fingerprint density at radius 2 is 1.78 bits per heavy atom. The first kappa shape index (κ1) is 24.7. The third-order valence-electron chi connectivity index (χ3n) is 8.35. The molecule has 2 aromatic heterocycles. The number of hydrogen-bond acceptors (Lipinski definition) is 3. The van der Waals surface area contributed by atoms with E-state index in [1.54, 1.807) is 0 Å². The lowest BCUT2D eigenvalue weighted by molar-refractivity contribution is 0.357. The highest BCUT2D eigenvalue weighted by atomic mass is 35.5. The molecule has 1 N–H and O–H groups in total. The molecule has 4 atom stereocenters. The van der Waals surface area contributed by atoms with Gasteiger partial charge in [0.15, 0.2) is 5.11 Å². The lowest BCUT2D eigenvalue weighted by Crippen LogP contribution is -2.39. The van der Waals surface area contributed by atoms with E-state index in [4.69, 9.17) is 28.8 Å². The molecule has 4 heterocycles. The average molecular weight is 534 g/mol. The smallest absolute Gasteiger partial charge is 0.174 e. The molecule has 3 fully saturated rings. The van der Waals surface area contributed by atoms with Crippen LogP contribution in [0.3, 0.4) is 0 Å². The monoisotopic (exact) mass is 533 g/mol. The van der Waals surface area contributed by atoms with E-state index in [0.717, 1.165) is 35.2 Å². The van der Waals surface area contributed by atoms with E-state index >= 15 is 0 Å². The molecule has 2 aliphatic heterocycles. The summed E-state index contributed by atoms with van der Waals surface area (Å²) in [5.74, 6) is 1.34. The van der Waals surface area contributed by atoms with Crippen molar-refractivity contribution in [2.24, 2.45) is 11.8 Å². The molecule has 5 nitrogen and oxygen atoms in total. The Morgan fingerprint density at radius 1 is 1.00 bits per heavy atom. The van der Waals surface area contributed by atoms with Gasteiger partial charge in [0.25, 0.3) is 0 Å². The van der Waals surface area contributed by atoms with Gasteiger partial charge in [-0.15, -0.1) is 0 Å². The molecule has 0 spiro atoms. The number of aromatic nitrogens is 2. The van der Waals surface area contributed by atoms with Crippen molar-refractivity contribution < 1.29 is 0 Å². The van der Waals surface area contributed by atoms with Crippen LogP contribution in [0.5, 0.6) is 0 Å². The minimum absolute atomic E-state index is 0.0186. The summed E-state index contributed by atoms with van der Waals surface area (Å²) in [5.41, 5.74) is 4.41. The third-order valence-corrected chi connectivity index (χ3v) is 8.97. The van der Waals surface area contributed by atoms with Gasteiger partial charge in [0.2, 0.25) is 0 Å². The zero-order valence-electron chi connectivity index (χ0n) is 21.7. The number of hydrogen-bond donors (Lipinski definition) is 1. The lowest BCUT2D eigenvalue weighted by atomic mass is 9.91. The second-order valence-electron chi connectivity index (χ2n) is 11.3. The number of pyridine rings is 1. The van der Waals surface area contributed by atoms with Gasteiger partial charge in [0.1, 0.15) is 6.04 Å². The average Bonchev–Trinajstić information content (AvgIpc) is 3.63. The summed E-state index contributed by atoms with van der Waals surface area (Å²) in [5, 5.41) is 5.11. The van der Waals surface area contributed by atoms with Crippen LogP contribution in [-0.2, 0) is 0 Å². The number of benzene rings is 1. The van der Waals surface area contributed by atoms with E-state index in [9.17, 15) is 0 Å². The largest absolute Gasteiger partial charge is 0.370 e. The normalized spacial score (nSPS) is 26.6. The van der Waals surface area contributed by atoms with E-state index in [1.165, 1.54) is 37.8 Å². The number of halogens is 1. The molecule has 1 aromatic carbocycles. The molecule has 37 heavy (non-hydrogen) atoms. The number of nitrogens with one attached hydrogen (secondary N) is 1. The molecular formula is C30H36ClN5S. The number of rotatable bonds is 5. The number of thiocarbonyl (C=S) groups is 1. The highest BCUT2D eigenvalue weighted by Gasteiger charge is 2.43. The zero-order valence-corrected chi connectivity index (χ0v) is 23.3. The maximum Gasteiger partial charge on any atom is 0.174 e. The molecule has 3 aliphatic rings. The minimum Gasteiger partial charge on any atom is -0.370 e. The van der Waals surface area contributed by atoms with E-state index in [-0.39, 0.29) is 12.1 Å². The number of nitrogens with zero attached hydrogens (tertiary/aromatic N) is 4. The third kappa shape index (κ3) is 4.74. The van der Waals surface area contributed by atoms with Gasteiger partial charge in [-0.25, -0.2) is 0 Å². The van der Waals surface area contributed by atoms with Gasteiger partial charge < -0.3 is 19.7 Å². The molecule has 194 valence electrons. The van der Waals surface area contributed by atoms with E-state index in [0.29, 0.717) is 23.0 Å². The quantitative estimate of drug-likeness (QED) is 0.348. The first-order valence-electron chi connectivity index (χ1n) is 13.7. The SMILES string of the molecule is C[C@@H]1C[C@H](C)CN(c2ccc(N3C(=S)N[C@H](c4ccccn4)[C@H]3c3cccn3C3CCCC3)cc2Cl)C1. The summed E-state index contributed by atoms with van der Waals surface area (Å²) in [4.78, 5) is 9.43. The highest BCUT2D eigenvalue weighted by Crippen LogP contribution is 2.45. The molecule has 0 radical (unpaired) electrons. The summed E-state index contributed by atoms with van der Waals surface area (Å²) < 4.78 is 2.49. The Balaban J connectivity index is 1.39. The first-order valence-corrected chi connectivity index (χ1v) is 14.5. The van der Waals surface area contributed by atoms with Gasteiger partial charge in [0, 0.05) is 42.9 Å². The van der Waals surface area contributed by atoms with Crippen LogP contribution in [0.15, 0.2) is 60.9 Å². The fraction of sp³-hybridized carbons (Fsp3) is 0.467. The van der Waals surface area contributed by atoms with Crippen LogP contribution in [0.2, 0.25) is 5.02 Å². The molecule has 0 amide bonds. The van der Waals surface area contributed by atoms with E-state index in [2.05, 4.69) is 82.2 Å².